The lowest BCUT2D eigenvalue weighted by atomic mass is 10.2. The summed E-state index contributed by atoms with van der Waals surface area (Å²) in [6, 6.07) is 0. The summed E-state index contributed by atoms with van der Waals surface area (Å²) in [5, 5.41) is -0.407. The van der Waals surface area contributed by atoms with Gasteiger partial charge in [-0.2, -0.15) is 0 Å². The Kier molecular flexibility index (Phi) is 9.03. The van der Waals surface area contributed by atoms with Crippen LogP contribution in [0.1, 0.15) is 93.4 Å². The molecule has 0 atom stereocenters. The van der Waals surface area contributed by atoms with E-state index in [2.05, 4.69) is 0 Å². The molecule has 0 unspecified atom stereocenters. The Balaban J connectivity index is 0.000000330. The van der Waals surface area contributed by atoms with Gasteiger partial charge >= 0.3 is 12.2 Å². The van der Waals surface area contributed by atoms with E-state index < -0.39 is 53.4 Å². The number of nitrogens with one attached hydrogen (secondary N) is 2. The van der Waals surface area contributed by atoms with Crippen LogP contribution in [0.25, 0.3) is 0 Å². The van der Waals surface area contributed by atoms with Crippen molar-refractivity contribution < 1.29 is 35.9 Å². The zero-order chi connectivity index (χ0) is 25.0. The molecular formula is C20H38N2O8S2. The summed E-state index contributed by atoms with van der Waals surface area (Å²) in [7, 11) is -7.10. The molecule has 2 rings (SSSR count). The molecule has 0 aliphatic heterocycles. The number of sulfonamides is 2. The Morgan fingerprint density at radius 2 is 1.31 bits per heavy atom. The maximum atomic E-state index is 12.1. The first-order chi connectivity index (χ1) is 14.3. The lowest BCUT2D eigenvalue weighted by molar-refractivity contribution is 0.0557. The lowest BCUT2D eigenvalue weighted by Crippen LogP contribution is -2.42. The highest BCUT2D eigenvalue weighted by Gasteiger charge is 2.54. The monoisotopic (exact) mass is 498 g/mol. The average Bonchev–Trinajstić information content (AvgIpc) is 3.41. The van der Waals surface area contributed by atoms with Crippen molar-refractivity contribution >= 4 is 32.2 Å². The van der Waals surface area contributed by atoms with Gasteiger partial charge in [0.25, 0.3) is 0 Å². The Hall–Kier alpha value is -1.56. The summed E-state index contributed by atoms with van der Waals surface area (Å²) in [5.41, 5.74) is -1.37. The molecule has 2 fully saturated rings. The zero-order valence-corrected chi connectivity index (χ0v) is 21.7. The molecule has 2 saturated carbocycles. The van der Waals surface area contributed by atoms with Crippen molar-refractivity contribution in [2.24, 2.45) is 0 Å². The molecule has 32 heavy (non-hydrogen) atoms. The van der Waals surface area contributed by atoms with Gasteiger partial charge in [0, 0.05) is 0 Å². The van der Waals surface area contributed by atoms with Gasteiger partial charge in [0.15, 0.2) is 0 Å². The van der Waals surface area contributed by atoms with Crippen LogP contribution in [0, 0.1) is 0 Å². The van der Waals surface area contributed by atoms with Crippen LogP contribution >= 0.6 is 0 Å². The van der Waals surface area contributed by atoms with Gasteiger partial charge in [0.2, 0.25) is 20.0 Å². The quantitative estimate of drug-likeness (QED) is 0.542. The summed E-state index contributed by atoms with van der Waals surface area (Å²) in [5.74, 6) is 0. The minimum absolute atomic E-state index is 0.407. The van der Waals surface area contributed by atoms with Gasteiger partial charge < -0.3 is 9.47 Å². The first kappa shape index (κ1) is 28.5. The Labute approximate surface area is 192 Å². The highest BCUT2D eigenvalue weighted by molar-refractivity contribution is 7.91. The number of hydrogen-bond acceptors (Lipinski definition) is 8. The number of rotatable bonds is 7. The fourth-order valence-corrected chi connectivity index (χ4v) is 5.41. The summed E-state index contributed by atoms with van der Waals surface area (Å²) in [4.78, 5) is 22.6. The minimum Gasteiger partial charge on any atom is -0.443 e. The van der Waals surface area contributed by atoms with Crippen LogP contribution in [0.15, 0.2) is 0 Å². The molecule has 2 aliphatic carbocycles. The second-order valence-electron chi connectivity index (χ2n) is 10.2. The molecule has 0 aromatic carbocycles. The van der Waals surface area contributed by atoms with Gasteiger partial charge in [-0.3, -0.25) is 0 Å². The van der Waals surface area contributed by atoms with E-state index in [0.717, 1.165) is 12.8 Å². The summed E-state index contributed by atoms with van der Waals surface area (Å²) >= 11 is 0. The van der Waals surface area contributed by atoms with Gasteiger partial charge in [0.1, 0.15) is 11.2 Å². The predicted molar refractivity (Wildman–Crippen MR) is 121 cm³/mol. The molecular weight excluding hydrogens is 460 g/mol. The van der Waals surface area contributed by atoms with Crippen molar-refractivity contribution in [2.45, 2.75) is 115 Å². The molecule has 0 heterocycles. The van der Waals surface area contributed by atoms with Crippen molar-refractivity contribution in [3.63, 3.8) is 0 Å². The third-order valence-corrected chi connectivity index (χ3v) is 8.56. The Morgan fingerprint density at radius 1 is 0.875 bits per heavy atom. The van der Waals surface area contributed by atoms with Crippen LogP contribution in [0.3, 0.4) is 0 Å². The van der Waals surface area contributed by atoms with Crippen LogP contribution in [0.5, 0.6) is 0 Å². The molecule has 2 amide bonds. The minimum atomic E-state index is -3.62. The van der Waals surface area contributed by atoms with Gasteiger partial charge in [0.05, 0.1) is 10.00 Å². The number of amides is 2. The van der Waals surface area contributed by atoms with Crippen molar-refractivity contribution in [3.05, 3.63) is 0 Å². The first-order valence-electron chi connectivity index (χ1n) is 10.8. The normalized spacial score (nSPS) is 18.0. The van der Waals surface area contributed by atoms with E-state index in [9.17, 15) is 26.4 Å². The van der Waals surface area contributed by atoms with Gasteiger partial charge in [-0.15, -0.1) is 0 Å². The van der Waals surface area contributed by atoms with Crippen LogP contribution in [-0.2, 0) is 29.5 Å². The third-order valence-electron chi connectivity index (χ3n) is 4.57. The fourth-order valence-electron chi connectivity index (χ4n) is 2.69. The standard InChI is InChI=1S/C12H23NO4S.C8H15NO4S/c1-5-6-7-12(8-9-12)18(15,16)13-10(14)17-11(2,3)4;1-8(2,3)13-7(10)9-14(11,12)6-4-5-6/h5-9H2,1-4H3,(H,13,14);6H,4-5H2,1-3H3,(H,9,10). The second-order valence-corrected chi connectivity index (χ2v) is 14.3. The SMILES string of the molecule is CC(C)(C)OC(=O)NS(=O)(=O)C1CC1.CCCCC1(S(=O)(=O)NC(=O)OC(C)(C)C)CC1. The van der Waals surface area contributed by atoms with Gasteiger partial charge in [-0.05, 0) is 73.6 Å². The number of unbranched alkanes of at least 4 members (excludes halogenated alkanes) is 1. The number of hydrogen-bond donors (Lipinski definition) is 2. The molecule has 12 heteroatoms. The van der Waals surface area contributed by atoms with E-state index >= 15 is 0 Å². The van der Waals surface area contributed by atoms with E-state index in [1.165, 1.54) is 0 Å². The molecule has 10 nitrogen and oxygen atoms in total. The highest BCUT2D eigenvalue weighted by Crippen LogP contribution is 2.47. The van der Waals surface area contributed by atoms with E-state index in [1.54, 1.807) is 41.5 Å². The molecule has 0 radical (unpaired) electrons. The van der Waals surface area contributed by atoms with E-state index in [4.69, 9.17) is 9.47 Å². The van der Waals surface area contributed by atoms with E-state index in [1.807, 2.05) is 16.4 Å². The Bertz CT molecular complexity index is 876. The zero-order valence-electron chi connectivity index (χ0n) is 20.1. The molecule has 0 bridgehead atoms. The first-order valence-corrected chi connectivity index (χ1v) is 13.9. The van der Waals surface area contributed by atoms with E-state index in [0.29, 0.717) is 32.1 Å². The molecule has 2 N–H and O–H groups in total. The third kappa shape index (κ3) is 9.93. The highest BCUT2D eigenvalue weighted by atomic mass is 32.2. The van der Waals surface area contributed by atoms with Crippen molar-refractivity contribution in [2.75, 3.05) is 0 Å². The maximum absolute atomic E-state index is 12.1. The number of carbonyl (C=O) groups excluding carboxylic acids is 2. The molecule has 0 aromatic rings. The van der Waals surface area contributed by atoms with Crippen molar-refractivity contribution in [1.82, 2.24) is 9.44 Å². The van der Waals surface area contributed by atoms with Crippen molar-refractivity contribution in [1.29, 1.82) is 0 Å². The molecule has 188 valence electrons. The smallest absolute Gasteiger partial charge is 0.421 e. The van der Waals surface area contributed by atoms with Crippen molar-refractivity contribution in [3.8, 4) is 0 Å². The summed E-state index contributed by atoms with van der Waals surface area (Å²) in [6.07, 6.45) is 3.14. The topological polar surface area (TPSA) is 145 Å². The van der Waals surface area contributed by atoms with E-state index in [-0.39, 0.29) is 0 Å². The molecule has 0 aromatic heterocycles. The van der Waals surface area contributed by atoms with Crippen LogP contribution < -0.4 is 9.44 Å². The summed E-state index contributed by atoms with van der Waals surface area (Å²) in [6.45, 7) is 12.1. The second kappa shape index (κ2) is 10.1. The number of carbonyl (C=O) groups is 2. The van der Waals surface area contributed by atoms with Gasteiger partial charge in [-0.1, -0.05) is 19.8 Å². The predicted octanol–water partition coefficient (Wildman–Crippen LogP) is 3.57. The summed E-state index contributed by atoms with van der Waals surface area (Å²) < 4.78 is 59.7. The average molecular weight is 499 g/mol. The largest absolute Gasteiger partial charge is 0.443 e. The number of ether oxygens (including phenoxy) is 2. The van der Waals surface area contributed by atoms with Crippen LogP contribution in [-0.4, -0.2) is 50.2 Å². The molecule has 0 spiro atoms. The molecule has 0 saturated heterocycles. The Morgan fingerprint density at radius 3 is 1.66 bits per heavy atom. The van der Waals surface area contributed by atoms with Gasteiger partial charge in [-0.25, -0.2) is 35.9 Å². The van der Waals surface area contributed by atoms with Crippen LogP contribution in [0.2, 0.25) is 0 Å². The van der Waals surface area contributed by atoms with Crippen LogP contribution in [0.4, 0.5) is 9.59 Å². The molecule has 2 aliphatic rings. The maximum Gasteiger partial charge on any atom is 0.421 e. The lowest BCUT2D eigenvalue weighted by Gasteiger charge is -2.21. The fraction of sp³-hybridized carbons (Fsp3) is 0.900.